The van der Waals surface area contributed by atoms with E-state index in [4.69, 9.17) is 0 Å². The van der Waals surface area contributed by atoms with Crippen LogP contribution in [0.1, 0.15) is 42.1 Å². The maximum absolute atomic E-state index is 13.3. The van der Waals surface area contributed by atoms with Crippen LogP contribution in [-0.2, 0) is 9.59 Å². The van der Waals surface area contributed by atoms with Crippen molar-refractivity contribution in [2.45, 2.75) is 25.4 Å². The molecular weight excluding hydrogens is 352 g/mol. The van der Waals surface area contributed by atoms with Crippen molar-refractivity contribution in [2.24, 2.45) is 0 Å². The van der Waals surface area contributed by atoms with Crippen LogP contribution in [0.5, 0.6) is 0 Å². The van der Waals surface area contributed by atoms with Crippen LogP contribution < -0.4 is 5.32 Å². The number of pyridine rings is 1. The van der Waals surface area contributed by atoms with Gasteiger partial charge in [-0.1, -0.05) is 30.3 Å². The van der Waals surface area contributed by atoms with Gasteiger partial charge in [-0.2, -0.15) is 0 Å². The minimum atomic E-state index is -0.282. The predicted molar refractivity (Wildman–Crippen MR) is 107 cm³/mol. The zero-order valence-electron chi connectivity index (χ0n) is 15.9. The standard InChI is InChI=1S/C22H24N4O2/c1-16(27)25-11-8-17-5-2-3-7-19(17)20(25)13-22(28)26-12-10-24-15-21(26)18-6-4-9-23-14-18/h2-9,11,14,20-21,24H,10,12-13,15H2,1H3. The van der Waals surface area contributed by atoms with Crippen LogP contribution in [-0.4, -0.2) is 46.2 Å². The van der Waals surface area contributed by atoms with Gasteiger partial charge in [0.2, 0.25) is 11.8 Å². The molecule has 6 nitrogen and oxygen atoms in total. The van der Waals surface area contributed by atoms with Crippen molar-refractivity contribution in [3.63, 3.8) is 0 Å². The van der Waals surface area contributed by atoms with Gasteiger partial charge in [0.05, 0.1) is 18.5 Å². The summed E-state index contributed by atoms with van der Waals surface area (Å²) in [5.41, 5.74) is 3.10. The van der Waals surface area contributed by atoms with Crippen LogP contribution in [0.3, 0.4) is 0 Å². The van der Waals surface area contributed by atoms with Crippen molar-refractivity contribution in [2.75, 3.05) is 19.6 Å². The first-order chi connectivity index (χ1) is 13.6. The molecule has 144 valence electrons. The Morgan fingerprint density at radius 1 is 1.21 bits per heavy atom. The number of carbonyl (C=O) groups excluding carboxylic acids is 2. The average molecular weight is 376 g/mol. The third-order valence-corrected chi connectivity index (χ3v) is 5.47. The maximum Gasteiger partial charge on any atom is 0.225 e. The molecule has 1 saturated heterocycles. The van der Waals surface area contributed by atoms with Gasteiger partial charge in [-0.3, -0.25) is 14.6 Å². The first-order valence-corrected chi connectivity index (χ1v) is 9.61. The molecule has 0 aliphatic carbocycles. The lowest BCUT2D eigenvalue weighted by Crippen LogP contribution is -2.49. The van der Waals surface area contributed by atoms with Crippen molar-refractivity contribution in [3.8, 4) is 0 Å². The molecule has 2 amide bonds. The number of aromatic nitrogens is 1. The van der Waals surface area contributed by atoms with Crippen LogP contribution in [0.25, 0.3) is 6.08 Å². The van der Waals surface area contributed by atoms with Crippen LogP contribution >= 0.6 is 0 Å². The van der Waals surface area contributed by atoms with Gasteiger partial charge < -0.3 is 15.1 Å². The van der Waals surface area contributed by atoms with Gasteiger partial charge in [0.1, 0.15) is 0 Å². The molecule has 2 aliphatic heterocycles. The molecular formula is C22H24N4O2. The zero-order valence-corrected chi connectivity index (χ0v) is 15.9. The van der Waals surface area contributed by atoms with Crippen LogP contribution in [0.2, 0.25) is 0 Å². The number of rotatable bonds is 3. The number of piperazine rings is 1. The molecule has 1 aromatic heterocycles. The highest BCUT2D eigenvalue weighted by atomic mass is 16.2. The van der Waals surface area contributed by atoms with Crippen LogP contribution in [0, 0.1) is 0 Å². The van der Waals surface area contributed by atoms with E-state index in [0.717, 1.165) is 23.2 Å². The summed E-state index contributed by atoms with van der Waals surface area (Å²) in [4.78, 5) is 33.3. The quantitative estimate of drug-likeness (QED) is 0.894. The van der Waals surface area contributed by atoms with Crippen molar-refractivity contribution < 1.29 is 9.59 Å². The first kappa shape index (κ1) is 18.4. The molecule has 2 unspecified atom stereocenters. The van der Waals surface area contributed by atoms with E-state index >= 15 is 0 Å². The van der Waals surface area contributed by atoms with E-state index in [9.17, 15) is 9.59 Å². The molecule has 28 heavy (non-hydrogen) atoms. The Hall–Kier alpha value is -2.99. The maximum atomic E-state index is 13.3. The van der Waals surface area contributed by atoms with Gasteiger partial charge in [-0.15, -0.1) is 0 Å². The van der Waals surface area contributed by atoms with E-state index in [2.05, 4.69) is 10.3 Å². The van der Waals surface area contributed by atoms with E-state index in [0.29, 0.717) is 13.1 Å². The topological polar surface area (TPSA) is 65.5 Å². The highest BCUT2D eigenvalue weighted by molar-refractivity contribution is 5.82. The summed E-state index contributed by atoms with van der Waals surface area (Å²) in [6.07, 6.45) is 7.54. The third kappa shape index (κ3) is 3.55. The van der Waals surface area contributed by atoms with Gasteiger partial charge in [-0.05, 0) is 28.8 Å². The van der Waals surface area contributed by atoms with E-state index in [1.807, 2.05) is 53.6 Å². The van der Waals surface area contributed by atoms with Crippen molar-refractivity contribution >= 4 is 17.9 Å². The molecule has 1 aromatic carbocycles. The fraction of sp³-hybridized carbons (Fsp3) is 0.318. The lowest BCUT2D eigenvalue weighted by Gasteiger charge is -2.39. The van der Waals surface area contributed by atoms with Crippen molar-refractivity contribution in [1.82, 2.24) is 20.1 Å². The summed E-state index contributed by atoms with van der Waals surface area (Å²) in [5.74, 6) is -0.00983. The molecule has 0 saturated carbocycles. The molecule has 1 N–H and O–H groups in total. The fourth-order valence-electron chi connectivity index (χ4n) is 4.07. The number of benzene rings is 1. The van der Waals surface area contributed by atoms with Gasteiger partial charge in [0.15, 0.2) is 0 Å². The van der Waals surface area contributed by atoms with E-state index in [1.165, 1.54) is 0 Å². The summed E-state index contributed by atoms with van der Waals surface area (Å²) in [6, 6.07) is 11.5. The average Bonchev–Trinajstić information content (AvgIpc) is 2.74. The third-order valence-electron chi connectivity index (χ3n) is 5.47. The number of nitrogens with zero attached hydrogens (tertiary/aromatic N) is 3. The molecule has 0 bridgehead atoms. The second-order valence-corrected chi connectivity index (χ2v) is 7.18. The molecule has 2 aliphatic rings. The summed E-state index contributed by atoms with van der Waals surface area (Å²) >= 11 is 0. The Kier molecular flexibility index (Phi) is 5.21. The monoisotopic (exact) mass is 376 g/mol. The summed E-state index contributed by atoms with van der Waals surface area (Å²) < 4.78 is 0. The normalized spacial score (nSPS) is 21.3. The number of amides is 2. The minimum Gasteiger partial charge on any atom is -0.333 e. The zero-order chi connectivity index (χ0) is 19.5. The number of hydrogen-bond acceptors (Lipinski definition) is 4. The Morgan fingerprint density at radius 2 is 2.07 bits per heavy atom. The fourth-order valence-corrected chi connectivity index (χ4v) is 4.07. The minimum absolute atomic E-state index is 0.0462. The molecule has 6 heteroatoms. The molecule has 3 heterocycles. The SMILES string of the molecule is CC(=O)N1C=Cc2ccccc2C1CC(=O)N1CCNCC1c1cccnc1. The van der Waals surface area contributed by atoms with E-state index < -0.39 is 0 Å². The lowest BCUT2D eigenvalue weighted by molar-refractivity contribution is -0.137. The Balaban J connectivity index is 1.60. The summed E-state index contributed by atoms with van der Waals surface area (Å²) in [6.45, 7) is 3.65. The van der Waals surface area contributed by atoms with E-state index in [-0.39, 0.29) is 30.3 Å². The lowest BCUT2D eigenvalue weighted by atomic mass is 9.93. The first-order valence-electron chi connectivity index (χ1n) is 9.61. The van der Waals surface area contributed by atoms with Gasteiger partial charge in [0.25, 0.3) is 0 Å². The Bertz CT molecular complexity index is 896. The molecule has 0 radical (unpaired) electrons. The van der Waals surface area contributed by atoms with E-state index in [1.54, 1.807) is 24.2 Å². The molecule has 0 spiro atoms. The number of nitrogens with one attached hydrogen (secondary N) is 1. The molecule has 2 aromatic rings. The number of carbonyl (C=O) groups is 2. The van der Waals surface area contributed by atoms with Crippen LogP contribution in [0.15, 0.2) is 55.0 Å². The van der Waals surface area contributed by atoms with Gasteiger partial charge >= 0.3 is 0 Å². The highest BCUT2D eigenvalue weighted by Gasteiger charge is 2.33. The van der Waals surface area contributed by atoms with Gasteiger partial charge in [-0.25, -0.2) is 0 Å². The van der Waals surface area contributed by atoms with Crippen molar-refractivity contribution in [3.05, 3.63) is 71.7 Å². The molecule has 4 rings (SSSR count). The van der Waals surface area contributed by atoms with Crippen molar-refractivity contribution in [1.29, 1.82) is 0 Å². The molecule has 1 fully saturated rings. The second-order valence-electron chi connectivity index (χ2n) is 7.18. The van der Waals surface area contributed by atoms with Gasteiger partial charge in [0, 0.05) is 45.2 Å². The smallest absolute Gasteiger partial charge is 0.225 e. The summed E-state index contributed by atoms with van der Waals surface area (Å²) in [7, 11) is 0. The number of hydrogen-bond donors (Lipinski definition) is 1. The predicted octanol–water partition coefficient (Wildman–Crippen LogP) is 2.52. The highest BCUT2D eigenvalue weighted by Crippen LogP contribution is 2.34. The van der Waals surface area contributed by atoms with Crippen LogP contribution in [0.4, 0.5) is 0 Å². The Labute approximate surface area is 164 Å². The largest absolute Gasteiger partial charge is 0.333 e. The Morgan fingerprint density at radius 3 is 2.86 bits per heavy atom. The number of fused-ring (bicyclic) bond motifs is 1. The molecule has 2 atom stereocenters. The second kappa shape index (κ2) is 7.94. The summed E-state index contributed by atoms with van der Waals surface area (Å²) in [5, 5.41) is 3.37.